The molecule has 0 saturated carbocycles. The van der Waals surface area contributed by atoms with Crippen molar-refractivity contribution < 1.29 is 28.7 Å². The van der Waals surface area contributed by atoms with E-state index in [0.29, 0.717) is 6.54 Å². The van der Waals surface area contributed by atoms with Gasteiger partial charge in [0.25, 0.3) is 11.8 Å². The molecule has 0 aliphatic rings. The minimum absolute atomic E-state index is 0.386. The van der Waals surface area contributed by atoms with Gasteiger partial charge in [0.15, 0.2) is 19.5 Å². The highest BCUT2D eigenvalue weighted by Crippen LogP contribution is 1.83. The van der Waals surface area contributed by atoms with Crippen LogP contribution in [-0.2, 0) is 19.1 Å². The van der Waals surface area contributed by atoms with Crippen molar-refractivity contribution in [1.29, 1.82) is 0 Å². The molecule has 0 aromatic rings. The lowest BCUT2D eigenvalue weighted by Crippen LogP contribution is -2.57. The average molecular weight is 291 g/mol. The minimum atomic E-state index is -1.03. The second kappa shape index (κ2) is 9.38. The number of hydrogen-bond donors (Lipinski definition) is 5. The molecule has 0 aliphatic carbocycles. The molecule has 0 aromatic carbocycles. The number of carbonyl (C=O) groups is 4. The van der Waals surface area contributed by atoms with E-state index in [1.807, 2.05) is 0 Å². The summed E-state index contributed by atoms with van der Waals surface area (Å²) in [5.74, 6) is -1.65. The number of alkyl carbamates (subject to hydrolysis) is 2. The van der Waals surface area contributed by atoms with Gasteiger partial charge in [0.05, 0.1) is 0 Å². The van der Waals surface area contributed by atoms with E-state index in [2.05, 4.69) is 25.4 Å². The van der Waals surface area contributed by atoms with Crippen molar-refractivity contribution in [3.63, 3.8) is 0 Å². The van der Waals surface area contributed by atoms with E-state index in [1.165, 1.54) is 0 Å². The highest BCUT2D eigenvalue weighted by atomic mass is 16.6. The molecule has 20 heavy (non-hydrogen) atoms. The summed E-state index contributed by atoms with van der Waals surface area (Å²) in [6.45, 7) is 0.893. The van der Waals surface area contributed by atoms with Gasteiger partial charge < -0.3 is 20.9 Å². The smallest absolute Gasteiger partial charge is 0.410 e. The number of nitrogens with one attached hydrogen (secondary N) is 3. The number of primary amides is 2. The Labute approximate surface area is 114 Å². The van der Waals surface area contributed by atoms with Gasteiger partial charge in [-0.25, -0.2) is 9.59 Å². The van der Waals surface area contributed by atoms with Gasteiger partial charge in [-0.05, 0) is 6.54 Å². The summed E-state index contributed by atoms with van der Waals surface area (Å²) in [5, 5.41) is 7.03. The summed E-state index contributed by atoms with van der Waals surface area (Å²) in [4.78, 5) is 43.3. The minimum Gasteiger partial charge on any atom is -0.439 e. The quantitative estimate of drug-likeness (QED) is 0.302. The third-order valence-electron chi connectivity index (χ3n) is 1.62. The highest BCUT2D eigenvalue weighted by Gasteiger charge is 2.16. The third kappa shape index (κ3) is 9.47. The largest absolute Gasteiger partial charge is 0.439 e. The Morgan fingerprint density at radius 1 is 0.950 bits per heavy atom. The third-order valence-corrected chi connectivity index (χ3v) is 1.62. The van der Waals surface area contributed by atoms with Gasteiger partial charge in [-0.2, -0.15) is 0 Å². The maximum atomic E-state index is 11.2. The monoisotopic (exact) mass is 291 g/mol. The lowest BCUT2D eigenvalue weighted by Gasteiger charge is -2.19. The normalized spacial score (nSPS) is 9.70. The van der Waals surface area contributed by atoms with E-state index in [9.17, 15) is 19.2 Å². The number of rotatable bonds is 8. The van der Waals surface area contributed by atoms with Crippen LogP contribution in [0.2, 0.25) is 0 Å². The van der Waals surface area contributed by atoms with E-state index >= 15 is 0 Å². The first kappa shape index (κ1) is 17.4. The molecule has 0 spiro atoms. The zero-order valence-corrected chi connectivity index (χ0v) is 10.8. The molecule has 0 bridgehead atoms. The number of hydrogen-bond acceptors (Lipinski definition) is 7. The molecule has 0 saturated heterocycles. The van der Waals surface area contributed by atoms with Crippen molar-refractivity contribution in [2.24, 2.45) is 11.5 Å². The molecule has 0 atom stereocenters. The second-order valence-corrected chi connectivity index (χ2v) is 3.36. The summed E-state index contributed by atoms with van der Waals surface area (Å²) >= 11 is 0. The standard InChI is InChI=1S/C9H17N5O6/c1-2-12-7(13-8(17)19-3-5(10)15)14-9(18)20-4-6(11)16/h7,12H,2-4H2,1H3,(H2,10,15)(H2,11,16)(H,13,17)(H,14,18). The predicted molar refractivity (Wildman–Crippen MR) is 64.8 cm³/mol. The first-order valence-electron chi connectivity index (χ1n) is 5.51. The Hall–Kier alpha value is -2.56. The molecule has 0 aliphatic heterocycles. The summed E-state index contributed by atoms with van der Waals surface area (Å²) < 4.78 is 8.86. The Kier molecular flexibility index (Phi) is 8.18. The molecule has 0 heterocycles. The van der Waals surface area contributed by atoms with Crippen LogP contribution in [0, 0.1) is 0 Å². The fourth-order valence-electron chi connectivity index (χ4n) is 0.935. The van der Waals surface area contributed by atoms with Crippen LogP contribution >= 0.6 is 0 Å². The Morgan fingerprint density at radius 3 is 1.65 bits per heavy atom. The maximum absolute atomic E-state index is 11.2. The second-order valence-electron chi connectivity index (χ2n) is 3.36. The summed E-state index contributed by atoms with van der Waals surface area (Å²) in [6, 6.07) is 0. The van der Waals surface area contributed by atoms with E-state index < -0.39 is 43.5 Å². The van der Waals surface area contributed by atoms with Crippen LogP contribution in [0.4, 0.5) is 9.59 Å². The first-order chi connectivity index (χ1) is 9.35. The lowest BCUT2D eigenvalue weighted by molar-refractivity contribution is -0.121. The Bertz CT molecular complexity index is 342. The fraction of sp³-hybridized carbons (Fsp3) is 0.556. The van der Waals surface area contributed by atoms with Gasteiger partial charge in [-0.15, -0.1) is 0 Å². The van der Waals surface area contributed by atoms with E-state index in [1.54, 1.807) is 6.92 Å². The van der Waals surface area contributed by atoms with Gasteiger partial charge in [0, 0.05) is 0 Å². The number of carbonyl (C=O) groups excluding carboxylic acids is 4. The van der Waals surface area contributed by atoms with Crippen LogP contribution in [0.3, 0.4) is 0 Å². The van der Waals surface area contributed by atoms with Crippen molar-refractivity contribution in [1.82, 2.24) is 16.0 Å². The van der Waals surface area contributed by atoms with Crippen LogP contribution in [0.25, 0.3) is 0 Å². The van der Waals surface area contributed by atoms with Crippen molar-refractivity contribution in [3.05, 3.63) is 0 Å². The van der Waals surface area contributed by atoms with Crippen molar-refractivity contribution in [2.45, 2.75) is 13.2 Å². The topological polar surface area (TPSA) is 175 Å². The fourth-order valence-corrected chi connectivity index (χ4v) is 0.935. The molecule has 0 aromatic heterocycles. The highest BCUT2D eigenvalue weighted by molar-refractivity contribution is 5.79. The van der Waals surface area contributed by atoms with Gasteiger partial charge in [-0.1, -0.05) is 6.92 Å². The lowest BCUT2D eigenvalue weighted by atomic mass is 10.6. The van der Waals surface area contributed by atoms with Crippen molar-refractivity contribution >= 4 is 24.0 Å². The predicted octanol–water partition coefficient (Wildman–Crippen LogP) is -2.70. The van der Waals surface area contributed by atoms with Gasteiger partial charge in [0.1, 0.15) is 0 Å². The molecule has 11 heteroatoms. The van der Waals surface area contributed by atoms with Crippen LogP contribution in [0.1, 0.15) is 6.92 Å². The zero-order valence-electron chi connectivity index (χ0n) is 10.8. The van der Waals surface area contributed by atoms with Crippen LogP contribution in [0.15, 0.2) is 0 Å². The Morgan fingerprint density at radius 2 is 1.35 bits per heavy atom. The molecule has 114 valence electrons. The van der Waals surface area contributed by atoms with Gasteiger partial charge in [-0.3, -0.25) is 25.5 Å². The number of ether oxygens (including phenoxy) is 2. The average Bonchev–Trinajstić information content (AvgIpc) is 2.34. The zero-order chi connectivity index (χ0) is 15.5. The molecular formula is C9H17N5O6. The molecule has 0 fully saturated rings. The molecule has 11 nitrogen and oxygen atoms in total. The van der Waals surface area contributed by atoms with Crippen LogP contribution < -0.4 is 27.4 Å². The van der Waals surface area contributed by atoms with E-state index in [0.717, 1.165) is 0 Å². The van der Waals surface area contributed by atoms with Gasteiger partial charge >= 0.3 is 12.2 Å². The molecular weight excluding hydrogens is 274 g/mol. The van der Waals surface area contributed by atoms with Crippen LogP contribution in [0.5, 0.6) is 0 Å². The van der Waals surface area contributed by atoms with E-state index in [-0.39, 0.29) is 0 Å². The number of amides is 4. The summed E-state index contributed by atoms with van der Waals surface area (Å²) in [6.07, 6.45) is -2.99. The van der Waals surface area contributed by atoms with Crippen LogP contribution in [-0.4, -0.2) is 50.0 Å². The van der Waals surface area contributed by atoms with Crippen molar-refractivity contribution in [3.8, 4) is 0 Å². The summed E-state index contributed by atoms with van der Waals surface area (Å²) in [7, 11) is 0. The number of nitrogens with two attached hydrogens (primary N) is 2. The van der Waals surface area contributed by atoms with Crippen molar-refractivity contribution in [2.75, 3.05) is 19.8 Å². The molecule has 0 radical (unpaired) electrons. The van der Waals surface area contributed by atoms with Gasteiger partial charge in [0.2, 0.25) is 0 Å². The maximum Gasteiger partial charge on any atom is 0.410 e. The molecule has 0 rings (SSSR count). The molecule has 0 unspecified atom stereocenters. The molecule has 4 amide bonds. The Balaban J connectivity index is 4.20. The first-order valence-corrected chi connectivity index (χ1v) is 5.51. The molecule has 7 N–H and O–H groups in total. The van der Waals surface area contributed by atoms with E-state index in [4.69, 9.17) is 11.5 Å². The summed E-state index contributed by atoms with van der Waals surface area (Å²) in [5.41, 5.74) is 9.57. The SMILES string of the molecule is CCNC(NC(=O)OCC(N)=O)NC(=O)OCC(N)=O.